The van der Waals surface area contributed by atoms with Crippen molar-refractivity contribution in [1.82, 2.24) is 0 Å². The SMILES string of the molecule is [CH]1[CH][CH][C](/C=C/c2ccccc2)[CH]1. The standard InChI is InChI=1S/C13H11/c1-2-6-12(7-3-1)10-11-13-8-4-5-9-13/h1-11H/b11-10+. The van der Waals surface area contributed by atoms with Gasteiger partial charge in [-0.2, -0.15) is 0 Å². The van der Waals surface area contributed by atoms with Crippen LogP contribution in [0.5, 0.6) is 0 Å². The molecule has 0 unspecified atom stereocenters. The van der Waals surface area contributed by atoms with Crippen molar-refractivity contribution in [3.63, 3.8) is 0 Å². The van der Waals surface area contributed by atoms with Gasteiger partial charge >= 0.3 is 0 Å². The summed E-state index contributed by atoms with van der Waals surface area (Å²) in [4.78, 5) is 0. The van der Waals surface area contributed by atoms with Crippen LogP contribution in [-0.2, 0) is 0 Å². The zero-order valence-electron chi connectivity index (χ0n) is 7.35. The third-order valence-corrected chi connectivity index (χ3v) is 1.96. The number of hydrogen-bond acceptors (Lipinski definition) is 0. The molecule has 0 heteroatoms. The highest BCUT2D eigenvalue weighted by Crippen LogP contribution is 2.24. The van der Waals surface area contributed by atoms with Crippen LogP contribution in [0.25, 0.3) is 6.08 Å². The van der Waals surface area contributed by atoms with Gasteiger partial charge in [-0.05, 0) is 31.2 Å². The lowest BCUT2D eigenvalue weighted by Gasteiger charge is -1.98. The summed E-state index contributed by atoms with van der Waals surface area (Å²) in [5.41, 5.74) is 1.24. The molecule has 0 N–H and O–H groups in total. The zero-order chi connectivity index (χ0) is 8.93. The highest BCUT2D eigenvalue weighted by atomic mass is 14.2. The van der Waals surface area contributed by atoms with E-state index in [9.17, 15) is 0 Å². The molecular formula is C13H11. The minimum atomic E-state index is 1.24. The first-order valence-corrected chi connectivity index (χ1v) is 4.40. The van der Waals surface area contributed by atoms with Gasteiger partial charge in [-0.15, -0.1) is 0 Å². The van der Waals surface area contributed by atoms with E-state index in [2.05, 4.69) is 37.1 Å². The molecule has 63 valence electrons. The lowest BCUT2D eigenvalue weighted by atomic mass is 10.1. The normalized spacial score (nSPS) is 18.5. The van der Waals surface area contributed by atoms with Crippen molar-refractivity contribution >= 4 is 6.08 Å². The summed E-state index contributed by atoms with van der Waals surface area (Å²) in [5, 5.41) is 0. The van der Waals surface area contributed by atoms with Gasteiger partial charge in [0.25, 0.3) is 0 Å². The third kappa shape index (κ3) is 2.45. The lowest BCUT2D eigenvalue weighted by Crippen LogP contribution is -1.83. The fraction of sp³-hybridized carbons (Fsp3) is 0. The molecule has 0 aromatic heterocycles. The Bertz CT molecular complexity index is 265. The van der Waals surface area contributed by atoms with Crippen LogP contribution in [0, 0.1) is 31.6 Å². The topological polar surface area (TPSA) is 0 Å². The fourth-order valence-corrected chi connectivity index (χ4v) is 1.26. The number of allylic oxidation sites excluding steroid dienone is 1. The Balaban J connectivity index is 1.97. The van der Waals surface area contributed by atoms with E-state index in [0.717, 1.165) is 0 Å². The molecule has 1 aliphatic carbocycles. The van der Waals surface area contributed by atoms with Gasteiger partial charge in [0.1, 0.15) is 0 Å². The Hall–Kier alpha value is -1.04. The van der Waals surface area contributed by atoms with E-state index in [1.54, 1.807) is 0 Å². The second-order valence-electron chi connectivity index (χ2n) is 2.96. The van der Waals surface area contributed by atoms with Crippen LogP contribution in [0.15, 0.2) is 36.4 Å². The van der Waals surface area contributed by atoms with Crippen molar-refractivity contribution in [2.24, 2.45) is 0 Å². The minimum Gasteiger partial charge on any atom is -0.0762 e. The minimum absolute atomic E-state index is 1.24. The average molecular weight is 167 g/mol. The average Bonchev–Trinajstić information content (AvgIpc) is 2.69. The monoisotopic (exact) mass is 167 g/mol. The molecule has 1 aromatic carbocycles. The van der Waals surface area contributed by atoms with Crippen LogP contribution < -0.4 is 0 Å². The van der Waals surface area contributed by atoms with Crippen LogP contribution in [0.2, 0.25) is 0 Å². The summed E-state index contributed by atoms with van der Waals surface area (Å²) in [5.74, 6) is 1.25. The molecule has 1 fully saturated rings. The fourth-order valence-electron chi connectivity index (χ4n) is 1.26. The molecule has 1 aliphatic rings. The first-order chi connectivity index (χ1) is 6.45. The summed E-state index contributed by atoms with van der Waals surface area (Å²) >= 11 is 0. The van der Waals surface area contributed by atoms with Gasteiger partial charge in [-0.25, -0.2) is 0 Å². The molecule has 1 saturated carbocycles. The summed E-state index contributed by atoms with van der Waals surface area (Å²) in [6.45, 7) is 0. The van der Waals surface area contributed by atoms with E-state index in [1.807, 2.05) is 31.0 Å². The van der Waals surface area contributed by atoms with E-state index < -0.39 is 0 Å². The molecule has 0 amide bonds. The summed E-state index contributed by atoms with van der Waals surface area (Å²) in [7, 11) is 0. The molecule has 0 bridgehead atoms. The third-order valence-electron chi connectivity index (χ3n) is 1.96. The molecule has 1 aromatic rings. The van der Waals surface area contributed by atoms with E-state index in [1.165, 1.54) is 11.5 Å². The van der Waals surface area contributed by atoms with Gasteiger partial charge in [0.05, 0.1) is 0 Å². The molecule has 13 heavy (non-hydrogen) atoms. The van der Waals surface area contributed by atoms with Crippen molar-refractivity contribution < 1.29 is 0 Å². The number of rotatable bonds is 2. The highest BCUT2D eigenvalue weighted by Gasteiger charge is 2.12. The van der Waals surface area contributed by atoms with E-state index >= 15 is 0 Å². The van der Waals surface area contributed by atoms with Crippen LogP contribution in [0.1, 0.15) is 5.56 Å². The first-order valence-electron chi connectivity index (χ1n) is 4.40. The molecule has 0 heterocycles. The van der Waals surface area contributed by atoms with Gasteiger partial charge in [0.2, 0.25) is 0 Å². The highest BCUT2D eigenvalue weighted by molar-refractivity contribution is 5.56. The smallest absolute Gasteiger partial charge is 0.00501 e. The Labute approximate surface area is 80.3 Å². The van der Waals surface area contributed by atoms with Gasteiger partial charge in [0.15, 0.2) is 0 Å². The second-order valence-corrected chi connectivity index (χ2v) is 2.96. The predicted molar refractivity (Wildman–Crippen MR) is 55.9 cm³/mol. The van der Waals surface area contributed by atoms with E-state index in [0.29, 0.717) is 0 Å². The van der Waals surface area contributed by atoms with Crippen molar-refractivity contribution in [3.05, 3.63) is 73.6 Å². The molecule has 2 rings (SSSR count). The predicted octanol–water partition coefficient (Wildman–Crippen LogP) is 3.11. The quantitative estimate of drug-likeness (QED) is 0.635. The number of benzene rings is 1. The maximum atomic E-state index is 2.12. The second kappa shape index (κ2) is 4.27. The largest absolute Gasteiger partial charge is 0.0762 e. The van der Waals surface area contributed by atoms with Crippen molar-refractivity contribution in [1.29, 1.82) is 0 Å². The van der Waals surface area contributed by atoms with Crippen LogP contribution >= 0.6 is 0 Å². The van der Waals surface area contributed by atoms with Crippen molar-refractivity contribution in [2.45, 2.75) is 0 Å². The number of hydrogen-bond donors (Lipinski definition) is 0. The van der Waals surface area contributed by atoms with Crippen molar-refractivity contribution in [2.75, 3.05) is 0 Å². The Morgan fingerprint density at radius 2 is 1.46 bits per heavy atom. The molecular weight excluding hydrogens is 156 g/mol. The Morgan fingerprint density at radius 3 is 2.15 bits per heavy atom. The lowest BCUT2D eigenvalue weighted by molar-refractivity contribution is 1.39. The maximum absolute atomic E-state index is 2.12. The first kappa shape index (κ1) is 8.55. The van der Waals surface area contributed by atoms with Gasteiger partial charge < -0.3 is 0 Å². The Morgan fingerprint density at radius 1 is 0.769 bits per heavy atom. The molecule has 5 radical (unpaired) electrons. The summed E-state index contributed by atoms with van der Waals surface area (Å²) in [6.07, 6.45) is 12.5. The molecule has 0 nitrogen and oxygen atoms in total. The molecule has 0 atom stereocenters. The van der Waals surface area contributed by atoms with Crippen molar-refractivity contribution in [3.8, 4) is 0 Å². The summed E-state index contributed by atoms with van der Waals surface area (Å²) < 4.78 is 0. The molecule has 0 spiro atoms. The van der Waals surface area contributed by atoms with Gasteiger partial charge in [-0.1, -0.05) is 42.5 Å². The Kier molecular flexibility index (Phi) is 2.81. The van der Waals surface area contributed by atoms with Gasteiger partial charge in [-0.3, -0.25) is 0 Å². The molecule has 0 aliphatic heterocycles. The van der Waals surface area contributed by atoms with Gasteiger partial charge in [0, 0.05) is 5.92 Å². The van der Waals surface area contributed by atoms with E-state index in [4.69, 9.17) is 0 Å². The maximum Gasteiger partial charge on any atom is 0.00501 e. The van der Waals surface area contributed by atoms with E-state index in [-0.39, 0.29) is 0 Å². The zero-order valence-corrected chi connectivity index (χ0v) is 7.35. The molecule has 0 saturated heterocycles. The summed E-state index contributed by atoms with van der Waals surface area (Å²) in [6, 6.07) is 10.3. The van der Waals surface area contributed by atoms with Crippen LogP contribution in [-0.4, -0.2) is 0 Å². The van der Waals surface area contributed by atoms with Crippen LogP contribution in [0.4, 0.5) is 0 Å². The van der Waals surface area contributed by atoms with Crippen LogP contribution in [0.3, 0.4) is 0 Å².